The van der Waals surface area contributed by atoms with Gasteiger partial charge in [-0.2, -0.15) is 0 Å². The number of ether oxygens (including phenoxy) is 1. The second-order valence-electron chi connectivity index (χ2n) is 6.56. The molecule has 160 valence electrons. The molecular weight excluding hydrogens is 420 g/mol. The molecule has 0 aliphatic heterocycles. The van der Waals surface area contributed by atoms with Gasteiger partial charge in [-0.05, 0) is 43.3 Å². The fourth-order valence-electron chi connectivity index (χ4n) is 2.98. The highest BCUT2D eigenvalue weighted by molar-refractivity contribution is 7.99. The molecule has 2 aromatic carbocycles. The molecule has 1 amide bonds. The van der Waals surface area contributed by atoms with Crippen molar-refractivity contribution in [1.82, 2.24) is 9.55 Å². The number of carbonyl (C=O) groups excluding carboxylic acids is 2. The van der Waals surface area contributed by atoms with Crippen LogP contribution in [0, 0.1) is 17.0 Å². The number of imidazole rings is 1. The van der Waals surface area contributed by atoms with Gasteiger partial charge in [-0.1, -0.05) is 11.8 Å². The van der Waals surface area contributed by atoms with Crippen molar-refractivity contribution in [2.24, 2.45) is 0 Å². The van der Waals surface area contributed by atoms with Gasteiger partial charge in [-0.3, -0.25) is 24.3 Å². The van der Waals surface area contributed by atoms with E-state index in [1.165, 1.54) is 30.8 Å². The number of thioether (sulfide) groups is 1. The van der Waals surface area contributed by atoms with Crippen LogP contribution in [0.2, 0.25) is 0 Å². The standard InChI is InChI=1S/C21H20N4O5S/c1-13-20(14(2)26)24(16-6-8-17(9-7-16)25(28)29)21(22-13)31-12-19(27)23-15-4-10-18(30-3)11-5-15/h4-11H,12H2,1-3H3,(H,23,27). The second-order valence-corrected chi connectivity index (χ2v) is 7.50. The number of Topliss-reactive ketones (excluding diaryl/α,β-unsaturated/α-hetero) is 1. The molecule has 0 spiro atoms. The van der Waals surface area contributed by atoms with E-state index in [-0.39, 0.29) is 23.1 Å². The molecule has 0 aliphatic rings. The molecule has 9 nitrogen and oxygen atoms in total. The Hall–Kier alpha value is -3.66. The molecule has 0 aliphatic carbocycles. The van der Waals surface area contributed by atoms with Gasteiger partial charge in [0, 0.05) is 30.4 Å². The zero-order valence-electron chi connectivity index (χ0n) is 17.1. The van der Waals surface area contributed by atoms with Crippen molar-refractivity contribution in [1.29, 1.82) is 0 Å². The smallest absolute Gasteiger partial charge is 0.269 e. The summed E-state index contributed by atoms with van der Waals surface area (Å²) in [7, 11) is 1.56. The van der Waals surface area contributed by atoms with E-state index in [1.54, 1.807) is 55.0 Å². The van der Waals surface area contributed by atoms with Crippen molar-refractivity contribution >= 4 is 34.8 Å². The maximum absolute atomic E-state index is 12.4. The third-order valence-electron chi connectivity index (χ3n) is 4.38. The van der Waals surface area contributed by atoms with Crippen LogP contribution in [0.3, 0.4) is 0 Å². The van der Waals surface area contributed by atoms with Crippen LogP contribution in [0.4, 0.5) is 11.4 Å². The van der Waals surface area contributed by atoms with Crippen molar-refractivity contribution in [3.8, 4) is 11.4 Å². The van der Waals surface area contributed by atoms with Crippen LogP contribution < -0.4 is 10.1 Å². The lowest BCUT2D eigenvalue weighted by Gasteiger charge is -2.11. The minimum absolute atomic E-state index is 0.0574. The van der Waals surface area contributed by atoms with E-state index in [2.05, 4.69) is 10.3 Å². The lowest BCUT2D eigenvalue weighted by molar-refractivity contribution is -0.384. The van der Waals surface area contributed by atoms with Crippen LogP contribution in [0.25, 0.3) is 5.69 Å². The summed E-state index contributed by atoms with van der Waals surface area (Å²) in [5, 5.41) is 14.2. The number of hydrogen-bond donors (Lipinski definition) is 1. The minimum atomic E-state index is -0.492. The summed E-state index contributed by atoms with van der Waals surface area (Å²) in [6.07, 6.45) is 0. The summed E-state index contributed by atoms with van der Waals surface area (Å²) in [6, 6.07) is 12.8. The number of nitrogens with one attached hydrogen (secondary N) is 1. The van der Waals surface area contributed by atoms with Crippen molar-refractivity contribution < 1.29 is 19.2 Å². The number of hydrogen-bond acceptors (Lipinski definition) is 7. The van der Waals surface area contributed by atoms with E-state index in [4.69, 9.17) is 4.74 Å². The Morgan fingerprint density at radius 1 is 1.16 bits per heavy atom. The van der Waals surface area contributed by atoms with E-state index in [0.29, 0.717) is 33.7 Å². The quantitative estimate of drug-likeness (QED) is 0.243. The van der Waals surface area contributed by atoms with E-state index in [1.807, 2.05) is 0 Å². The van der Waals surface area contributed by atoms with Crippen LogP contribution in [-0.2, 0) is 4.79 Å². The Balaban J connectivity index is 1.82. The van der Waals surface area contributed by atoms with E-state index >= 15 is 0 Å². The fourth-order valence-corrected chi connectivity index (χ4v) is 3.84. The van der Waals surface area contributed by atoms with E-state index < -0.39 is 4.92 Å². The summed E-state index contributed by atoms with van der Waals surface area (Å²) in [4.78, 5) is 39.5. The van der Waals surface area contributed by atoms with Crippen molar-refractivity contribution in [3.63, 3.8) is 0 Å². The highest BCUT2D eigenvalue weighted by Crippen LogP contribution is 2.28. The number of anilines is 1. The van der Waals surface area contributed by atoms with Gasteiger partial charge >= 0.3 is 0 Å². The van der Waals surface area contributed by atoms with Gasteiger partial charge in [0.25, 0.3) is 5.69 Å². The monoisotopic (exact) mass is 440 g/mol. The largest absolute Gasteiger partial charge is 0.497 e. The Kier molecular flexibility index (Phi) is 6.71. The third-order valence-corrected chi connectivity index (χ3v) is 5.32. The number of rotatable bonds is 8. The lowest BCUT2D eigenvalue weighted by atomic mass is 10.2. The number of methoxy groups -OCH3 is 1. The summed E-state index contributed by atoms with van der Waals surface area (Å²) >= 11 is 1.17. The van der Waals surface area contributed by atoms with Crippen LogP contribution in [0.1, 0.15) is 23.1 Å². The van der Waals surface area contributed by atoms with Crippen molar-refractivity contribution in [2.75, 3.05) is 18.2 Å². The average Bonchev–Trinajstić information content (AvgIpc) is 3.09. The van der Waals surface area contributed by atoms with Gasteiger partial charge in [0.15, 0.2) is 10.9 Å². The number of ketones is 1. The third kappa shape index (κ3) is 5.10. The van der Waals surface area contributed by atoms with Crippen LogP contribution in [0.5, 0.6) is 5.75 Å². The molecule has 0 radical (unpaired) electrons. The van der Waals surface area contributed by atoms with Gasteiger partial charge in [0.1, 0.15) is 11.4 Å². The fraction of sp³-hybridized carbons (Fsp3) is 0.190. The molecule has 10 heteroatoms. The highest BCUT2D eigenvalue weighted by Gasteiger charge is 2.21. The first kappa shape index (κ1) is 22.0. The lowest BCUT2D eigenvalue weighted by Crippen LogP contribution is -2.14. The van der Waals surface area contributed by atoms with Gasteiger partial charge in [-0.25, -0.2) is 4.98 Å². The Labute approximate surface area is 182 Å². The first-order valence-electron chi connectivity index (χ1n) is 9.22. The second kappa shape index (κ2) is 9.43. The molecule has 1 N–H and O–H groups in total. The molecule has 0 unspecified atom stereocenters. The molecule has 3 aromatic rings. The van der Waals surface area contributed by atoms with Crippen molar-refractivity contribution in [3.05, 3.63) is 70.0 Å². The Bertz CT molecular complexity index is 1120. The molecule has 0 atom stereocenters. The Morgan fingerprint density at radius 3 is 2.35 bits per heavy atom. The predicted molar refractivity (Wildman–Crippen MR) is 117 cm³/mol. The average molecular weight is 440 g/mol. The molecule has 0 bridgehead atoms. The molecule has 0 saturated carbocycles. The van der Waals surface area contributed by atoms with E-state index in [0.717, 1.165) is 0 Å². The number of aryl methyl sites for hydroxylation is 1. The molecule has 3 rings (SSSR count). The van der Waals surface area contributed by atoms with Gasteiger partial charge in [-0.15, -0.1) is 0 Å². The minimum Gasteiger partial charge on any atom is -0.497 e. The maximum atomic E-state index is 12.4. The maximum Gasteiger partial charge on any atom is 0.269 e. The normalized spacial score (nSPS) is 10.5. The number of nitrogens with zero attached hydrogens (tertiary/aromatic N) is 3. The molecule has 0 saturated heterocycles. The zero-order valence-corrected chi connectivity index (χ0v) is 17.9. The highest BCUT2D eigenvalue weighted by atomic mass is 32.2. The molecule has 1 heterocycles. The van der Waals surface area contributed by atoms with Crippen LogP contribution >= 0.6 is 11.8 Å². The molecule has 31 heavy (non-hydrogen) atoms. The number of aromatic nitrogens is 2. The summed E-state index contributed by atoms with van der Waals surface area (Å²) < 4.78 is 6.71. The number of nitro groups is 1. The van der Waals surface area contributed by atoms with E-state index in [9.17, 15) is 19.7 Å². The molecule has 0 fully saturated rings. The topological polar surface area (TPSA) is 116 Å². The van der Waals surface area contributed by atoms with Crippen molar-refractivity contribution in [2.45, 2.75) is 19.0 Å². The molecular formula is C21H20N4O5S. The number of carbonyl (C=O) groups is 2. The SMILES string of the molecule is COc1ccc(NC(=O)CSc2nc(C)c(C(C)=O)n2-c2ccc([N+](=O)[O-])cc2)cc1. The van der Waals surface area contributed by atoms with Gasteiger partial charge < -0.3 is 10.1 Å². The summed E-state index contributed by atoms with van der Waals surface area (Å²) in [5.41, 5.74) is 2.01. The zero-order chi connectivity index (χ0) is 22.5. The Morgan fingerprint density at radius 2 is 1.81 bits per heavy atom. The number of nitro benzene ring substituents is 1. The first-order valence-corrected chi connectivity index (χ1v) is 10.2. The summed E-state index contributed by atoms with van der Waals surface area (Å²) in [5.74, 6) is 0.311. The van der Waals surface area contributed by atoms with Gasteiger partial charge in [0.2, 0.25) is 5.91 Å². The molecule has 1 aromatic heterocycles. The number of benzene rings is 2. The van der Waals surface area contributed by atoms with Gasteiger partial charge in [0.05, 0.1) is 23.5 Å². The van der Waals surface area contributed by atoms with Crippen LogP contribution in [0.15, 0.2) is 53.7 Å². The predicted octanol–water partition coefficient (Wildman–Crippen LogP) is 4.03. The number of amides is 1. The first-order chi connectivity index (χ1) is 14.8. The number of non-ortho nitro benzene ring substituents is 1. The van der Waals surface area contributed by atoms with Crippen LogP contribution in [-0.4, -0.2) is 39.0 Å². The summed E-state index contributed by atoms with van der Waals surface area (Å²) in [6.45, 7) is 3.14.